The summed E-state index contributed by atoms with van der Waals surface area (Å²) in [5, 5.41) is 0.288. The van der Waals surface area contributed by atoms with Crippen LogP contribution in [0.15, 0.2) is 18.2 Å². The standard InChI is InChI=1S/C22H31ClN2O3/c1-3-4-5-8-21-9-12-22(13-10-21,14-11-21)20(27)25-24-19(26)17-7-6-16(28-2)15-18(17)23/h6-7,15H,3-5,8-14H2,1-2H3,(H,24,26)(H,25,27). The number of unbranched alkanes of at least 4 members (excludes halogenated alkanes) is 2. The van der Waals surface area contributed by atoms with Gasteiger partial charge < -0.3 is 4.74 Å². The van der Waals surface area contributed by atoms with Crippen LogP contribution in [-0.2, 0) is 4.79 Å². The third-order valence-corrected chi connectivity index (χ3v) is 7.22. The lowest BCUT2D eigenvalue weighted by Gasteiger charge is -2.52. The molecule has 2 N–H and O–H groups in total. The fourth-order valence-corrected chi connectivity index (χ4v) is 5.11. The number of hydrogen-bond donors (Lipinski definition) is 2. The number of methoxy groups -OCH3 is 1. The Labute approximate surface area is 172 Å². The molecule has 3 aliphatic rings. The summed E-state index contributed by atoms with van der Waals surface area (Å²) in [5.41, 5.74) is 5.63. The Morgan fingerprint density at radius 2 is 1.75 bits per heavy atom. The number of halogens is 1. The maximum Gasteiger partial charge on any atom is 0.271 e. The number of carbonyl (C=O) groups is 2. The largest absolute Gasteiger partial charge is 0.497 e. The zero-order valence-electron chi connectivity index (χ0n) is 16.9. The third kappa shape index (κ3) is 4.29. The quantitative estimate of drug-likeness (QED) is 0.493. The molecular weight excluding hydrogens is 376 g/mol. The van der Waals surface area contributed by atoms with E-state index in [4.69, 9.17) is 16.3 Å². The highest BCUT2D eigenvalue weighted by Crippen LogP contribution is 2.58. The van der Waals surface area contributed by atoms with Gasteiger partial charge in [0.05, 0.1) is 23.1 Å². The molecular formula is C22H31ClN2O3. The van der Waals surface area contributed by atoms with Crippen molar-refractivity contribution in [1.29, 1.82) is 0 Å². The minimum absolute atomic E-state index is 0.0626. The van der Waals surface area contributed by atoms with Crippen molar-refractivity contribution >= 4 is 23.4 Å². The number of benzene rings is 1. The molecule has 6 heteroatoms. The second-order valence-corrected chi connectivity index (χ2v) is 8.90. The van der Waals surface area contributed by atoms with Crippen molar-refractivity contribution in [3.05, 3.63) is 28.8 Å². The fourth-order valence-electron chi connectivity index (χ4n) is 4.85. The number of nitrogens with one attached hydrogen (secondary N) is 2. The topological polar surface area (TPSA) is 67.4 Å². The van der Waals surface area contributed by atoms with Gasteiger partial charge in [0.25, 0.3) is 5.91 Å². The van der Waals surface area contributed by atoms with E-state index < -0.39 is 5.91 Å². The number of hydrazine groups is 1. The number of ether oxygens (including phenoxy) is 1. The first kappa shape index (κ1) is 21.0. The van der Waals surface area contributed by atoms with Gasteiger partial charge in [0, 0.05) is 0 Å². The van der Waals surface area contributed by atoms with E-state index >= 15 is 0 Å². The lowest BCUT2D eigenvalue weighted by molar-refractivity contribution is -0.141. The highest BCUT2D eigenvalue weighted by atomic mass is 35.5. The Kier molecular flexibility index (Phi) is 6.54. The van der Waals surface area contributed by atoms with Gasteiger partial charge in [-0.25, -0.2) is 0 Å². The molecule has 1 aromatic carbocycles. The fraction of sp³-hybridized carbons (Fsp3) is 0.636. The van der Waals surface area contributed by atoms with E-state index in [1.54, 1.807) is 18.2 Å². The van der Waals surface area contributed by atoms with Crippen LogP contribution in [0.4, 0.5) is 0 Å². The first-order chi connectivity index (χ1) is 13.4. The summed E-state index contributed by atoms with van der Waals surface area (Å²) in [7, 11) is 1.54. The highest BCUT2D eigenvalue weighted by Gasteiger charge is 2.51. The molecule has 3 fully saturated rings. The molecule has 154 valence electrons. The van der Waals surface area contributed by atoms with Gasteiger partial charge in [-0.3, -0.25) is 20.4 Å². The van der Waals surface area contributed by atoms with Crippen molar-refractivity contribution in [2.45, 2.75) is 71.1 Å². The Bertz CT molecular complexity index is 710. The van der Waals surface area contributed by atoms with Crippen LogP contribution in [0, 0.1) is 10.8 Å². The first-order valence-electron chi connectivity index (χ1n) is 10.4. The molecule has 0 unspecified atom stereocenters. The van der Waals surface area contributed by atoms with Gasteiger partial charge in [-0.05, 0) is 68.6 Å². The maximum atomic E-state index is 12.9. The molecule has 3 aliphatic carbocycles. The molecule has 0 heterocycles. The van der Waals surface area contributed by atoms with Crippen molar-refractivity contribution < 1.29 is 14.3 Å². The van der Waals surface area contributed by atoms with Gasteiger partial charge in [0.1, 0.15) is 5.75 Å². The van der Waals surface area contributed by atoms with Gasteiger partial charge in [-0.2, -0.15) is 0 Å². The van der Waals surface area contributed by atoms with Crippen LogP contribution in [-0.4, -0.2) is 18.9 Å². The van der Waals surface area contributed by atoms with E-state index in [0.717, 1.165) is 38.5 Å². The van der Waals surface area contributed by atoms with Gasteiger partial charge in [-0.15, -0.1) is 0 Å². The van der Waals surface area contributed by atoms with Crippen LogP contribution in [0.25, 0.3) is 0 Å². The summed E-state index contributed by atoms with van der Waals surface area (Å²) < 4.78 is 5.09. The monoisotopic (exact) mass is 406 g/mol. The van der Waals surface area contributed by atoms with Gasteiger partial charge in [0.15, 0.2) is 0 Å². The number of amides is 2. The van der Waals surface area contributed by atoms with Crippen LogP contribution in [0.1, 0.15) is 81.5 Å². The number of fused-ring (bicyclic) bond motifs is 3. The number of carbonyl (C=O) groups excluding carboxylic acids is 2. The Morgan fingerprint density at radius 3 is 2.32 bits per heavy atom. The molecule has 5 nitrogen and oxygen atoms in total. The van der Waals surface area contributed by atoms with Crippen LogP contribution >= 0.6 is 11.6 Å². The molecule has 1 aromatic rings. The minimum atomic E-state index is -0.419. The van der Waals surface area contributed by atoms with Crippen molar-refractivity contribution in [2.75, 3.05) is 7.11 Å². The minimum Gasteiger partial charge on any atom is -0.497 e. The third-order valence-electron chi connectivity index (χ3n) is 6.90. The zero-order valence-corrected chi connectivity index (χ0v) is 17.7. The lowest BCUT2D eigenvalue weighted by atomic mass is 9.52. The molecule has 3 saturated carbocycles. The van der Waals surface area contributed by atoms with Crippen LogP contribution < -0.4 is 15.6 Å². The summed E-state index contributed by atoms with van der Waals surface area (Å²) in [6, 6.07) is 4.84. The van der Waals surface area contributed by atoms with Gasteiger partial charge >= 0.3 is 0 Å². The molecule has 0 saturated heterocycles. The van der Waals surface area contributed by atoms with Crippen LogP contribution in [0.2, 0.25) is 5.02 Å². The van der Waals surface area contributed by atoms with Gasteiger partial charge in [0.2, 0.25) is 5.91 Å². The maximum absolute atomic E-state index is 12.9. The molecule has 0 spiro atoms. The molecule has 0 atom stereocenters. The first-order valence-corrected chi connectivity index (χ1v) is 10.8. The second kappa shape index (κ2) is 8.73. The Balaban J connectivity index is 1.54. The SMILES string of the molecule is CCCCCC12CCC(C(=O)NNC(=O)c3ccc(OC)cc3Cl)(CC1)CC2. The number of rotatable bonds is 7. The van der Waals surface area contributed by atoms with E-state index in [2.05, 4.69) is 17.8 Å². The summed E-state index contributed by atoms with van der Waals surface area (Å²) in [4.78, 5) is 25.3. The summed E-state index contributed by atoms with van der Waals surface area (Å²) in [5.74, 6) is 0.0987. The van der Waals surface area contributed by atoms with Gasteiger partial charge in [-0.1, -0.05) is 37.8 Å². The molecule has 2 bridgehead atoms. The molecule has 0 radical (unpaired) electrons. The highest BCUT2D eigenvalue weighted by molar-refractivity contribution is 6.34. The average molecular weight is 407 g/mol. The summed E-state index contributed by atoms with van der Waals surface area (Å²) in [6.07, 6.45) is 11.3. The predicted octanol–water partition coefficient (Wildman–Crippen LogP) is 5.03. The normalized spacial score (nSPS) is 26.0. The molecule has 28 heavy (non-hydrogen) atoms. The summed E-state index contributed by atoms with van der Waals surface area (Å²) >= 11 is 6.14. The number of hydrogen-bond acceptors (Lipinski definition) is 3. The van der Waals surface area contributed by atoms with Crippen molar-refractivity contribution in [3.8, 4) is 5.75 Å². The van der Waals surface area contributed by atoms with Crippen molar-refractivity contribution in [3.63, 3.8) is 0 Å². The molecule has 4 rings (SSSR count). The van der Waals surface area contributed by atoms with Crippen LogP contribution in [0.5, 0.6) is 5.75 Å². The Morgan fingerprint density at radius 1 is 1.07 bits per heavy atom. The molecule has 0 aromatic heterocycles. The van der Waals surface area contributed by atoms with Crippen molar-refractivity contribution in [2.24, 2.45) is 10.8 Å². The lowest BCUT2D eigenvalue weighted by Crippen LogP contribution is -2.54. The van der Waals surface area contributed by atoms with E-state index in [-0.39, 0.29) is 16.3 Å². The zero-order chi connectivity index (χ0) is 20.2. The molecule has 0 aliphatic heterocycles. The second-order valence-electron chi connectivity index (χ2n) is 8.49. The Hall–Kier alpha value is -1.75. The van der Waals surface area contributed by atoms with Crippen molar-refractivity contribution in [1.82, 2.24) is 10.9 Å². The van der Waals surface area contributed by atoms with E-state index in [1.165, 1.54) is 32.8 Å². The smallest absolute Gasteiger partial charge is 0.271 e. The average Bonchev–Trinajstić information content (AvgIpc) is 2.73. The van der Waals surface area contributed by atoms with E-state index in [9.17, 15) is 9.59 Å². The van der Waals surface area contributed by atoms with Crippen LogP contribution in [0.3, 0.4) is 0 Å². The van der Waals surface area contributed by atoms with E-state index in [0.29, 0.717) is 16.7 Å². The van der Waals surface area contributed by atoms with E-state index in [1.807, 2.05) is 0 Å². The molecule has 2 amide bonds. The summed E-state index contributed by atoms with van der Waals surface area (Å²) in [6.45, 7) is 2.24. The predicted molar refractivity (Wildman–Crippen MR) is 110 cm³/mol.